The molecule has 0 aliphatic carbocycles. The lowest BCUT2D eigenvalue weighted by molar-refractivity contribution is -0.147. The van der Waals surface area contributed by atoms with Crippen molar-refractivity contribution in [3.8, 4) is 0 Å². The van der Waals surface area contributed by atoms with Crippen LogP contribution in [0.25, 0.3) is 0 Å². The molecule has 1 aliphatic heterocycles. The van der Waals surface area contributed by atoms with Crippen LogP contribution < -0.4 is 0 Å². The topological polar surface area (TPSA) is 46.2 Å². The second-order valence-corrected chi connectivity index (χ2v) is 8.37. The zero-order chi connectivity index (χ0) is 24.3. The highest BCUT2D eigenvalue weighted by molar-refractivity contribution is 5.15. The van der Waals surface area contributed by atoms with Gasteiger partial charge in [0.1, 0.15) is 18.3 Å². The first kappa shape index (κ1) is 24.7. The van der Waals surface area contributed by atoms with Crippen molar-refractivity contribution >= 4 is 0 Å². The molecule has 1 unspecified atom stereocenters. The molecule has 0 saturated carbocycles. The zero-order valence-electron chi connectivity index (χ0n) is 19.8. The lowest BCUT2D eigenvalue weighted by Gasteiger charge is -2.32. The SMILES string of the molecule is C=CC1OC(=C)O[C@@H](COCc2ccccc2)[C@@H](OCc2ccccc2)[C@@H]1OCc1ccccc1. The molecule has 0 amide bonds. The van der Waals surface area contributed by atoms with Gasteiger partial charge in [-0.25, -0.2) is 0 Å². The van der Waals surface area contributed by atoms with E-state index in [2.05, 4.69) is 13.2 Å². The van der Waals surface area contributed by atoms with Crippen LogP contribution in [0, 0.1) is 0 Å². The van der Waals surface area contributed by atoms with Gasteiger partial charge >= 0.3 is 0 Å². The Bertz CT molecular complexity index is 1040. The van der Waals surface area contributed by atoms with Crippen LogP contribution in [0.1, 0.15) is 16.7 Å². The van der Waals surface area contributed by atoms with Gasteiger partial charge in [-0.15, -0.1) is 0 Å². The second kappa shape index (κ2) is 12.9. The van der Waals surface area contributed by atoms with Crippen molar-refractivity contribution in [1.29, 1.82) is 0 Å². The van der Waals surface area contributed by atoms with Crippen LogP contribution in [0.4, 0.5) is 0 Å². The Morgan fingerprint density at radius 3 is 1.66 bits per heavy atom. The molecule has 5 nitrogen and oxygen atoms in total. The van der Waals surface area contributed by atoms with Gasteiger partial charge in [0.15, 0.2) is 6.10 Å². The predicted molar refractivity (Wildman–Crippen MR) is 135 cm³/mol. The Morgan fingerprint density at radius 1 is 0.657 bits per heavy atom. The summed E-state index contributed by atoms with van der Waals surface area (Å²) in [6, 6.07) is 30.0. The van der Waals surface area contributed by atoms with Gasteiger partial charge in [-0.2, -0.15) is 0 Å². The molecule has 4 rings (SSSR count). The highest BCUT2D eigenvalue weighted by Gasteiger charge is 2.42. The standard InChI is InChI=1S/C30H32O5/c1-3-27-29(32-20-25-15-9-5-10-16-25)30(33-21-26-17-11-6-12-18-26)28(35-23(2)34-27)22-31-19-24-13-7-4-8-14-24/h3-18,27-30H,1-2,19-22H2/t27?,28-,29+,30+/m0/s1. The van der Waals surface area contributed by atoms with E-state index in [-0.39, 0.29) is 12.6 Å². The fraction of sp³-hybridized carbons (Fsp3) is 0.267. The van der Waals surface area contributed by atoms with E-state index in [1.54, 1.807) is 6.08 Å². The molecule has 1 heterocycles. The molecule has 0 aromatic heterocycles. The van der Waals surface area contributed by atoms with Gasteiger partial charge in [0.2, 0.25) is 0 Å². The molecule has 1 aliphatic rings. The molecule has 35 heavy (non-hydrogen) atoms. The van der Waals surface area contributed by atoms with E-state index in [1.165, 1.54) is 0 Å². The molecule has 5 heteroatoms. The first-order valence-corrected chi connectivity index (χ1v) is 11.8. The van der Waals surface area contributed by atoms with Crippen molar-refractivity contribution < 1.29 is 23.7 Å². The quantitative estimate of drug-likeness (QED) is 0.329. The van der Waals surface area contributed by atoms with Crippen molar-refractivity contribution in [3.05, 3.63) is 133 Å². The molecule has 4 atom stereocenters. The molecule has 3 aromatic rings. The molecule has 182 valence electrons. The normalized spacial score (nSPS) is 22.0. The maximum Gasteiger partial charge on any atom is 0.272 e. The molecule has 0 spiro atoms. The summed E-state index contributed by atoms with van der Waals surface area (Å²) < 4.78 is 30.9. The van der Waals surface area contributed by atoms with E-state index in [1.807, 2.05) is 91.0 Å². The molecular weight excluding hydrogens is 440 g/mol. The first-order chi connectivity index (χ1) is 17.2. The van der Waals surface area contributed by atoms with Crippen LogP contribution in [-0.4, -0.2) is 31.0 Å². The van der Waals surface area contributed by atoms with Crippen molar-refractivity contribution in [2.75, 3.05) is 6.61 Å². The molecule has 0 N–H and O–H groups in total. The largest absolute Gasteiger partial charge is 0.457 e. The van der Waals surface area contributed by atoms with E-state index >= 15 is 0 Å². The minimum atomic E-state index is -0.494. The van der Waals surface area contributed by atoms with E-state index in [0.29, 0.717) is 19.8 Å². The molecule has 0 radical (unpaired) electrons. The van der Waals surface area contributed by atoms with Crippen molar-refractivity contribution in [3.63, 3.8) is 0 Å². The molecule has 0 bridgehead atoms. The maximum atomic E-state index is 6.45. The number of hydrogen-bond acceptors (Lipinski definition) is 5. The van der Waals surface area contributed by atoms with Gasteiger partial charge in [0.05, 0.1) is 26.4 Å². The van der Waals surface area contributed by atoms with Gasteiger partial charge < -0.3 is 23.7 Å². The van der Waals surface area contributed by atoms with Crippen LogP contribution >= 0.6 is 0 Å². The minimum absolute atomic E-state index is 0.197. The molecule has 3 aromatic carbocycles. The lowest BCUT2D eigenvalue weighted by atomic mass is 10.0. The summed E-state index contributed by atoms with van der Waals surface area (Å²) in [5.41, 5.74) is 3.19. The number of rotatable bonds is 11. The summed E-state index contributed by atoms with van der Waals surface area (Å²) in [6.45, 7) is 9.43. The smallest absolute Gasteiger partial charge is 0.272 e. The van der Waals surface area contributed by atoms with Crippen LogP contribution in [-0.2, 0) is 43.5 Å². The van der Waals surface area contributed by atoms with Gasteiger partial charge in [-0.3, -0.25) is 0 Å². The van der Waals surface area contributed by atoms with Crippen molar-refractivity contribution in [2.24, 2.45) is 0 Å². The third kappa shape index (κ3) is 7.30. The van der Waals surface area contributed by atoms with Crippen LogP contribution in [0.15, 0.2) is 116 Å². The summed E-state index contributed by atoms with van der Waals surface area (Å²) in [4.78, 5) is 0. The van der Waals surface area contributed by atoms with E-state index < -0.39 is 24.4 Å². The van der Waals surface area contributed by atoms with Crippen molar-refractivity contribution in [1.82, 2.24) is 0 Å². The van der Waals surface area contributed by atoms with Gasteiger partial charge in [0.25, 0.3) is 5.95 Å². The van der Waals surface area contributed by atoms with Crippen LogP contribution in [0.5, 0.6) is 0 Å². The lowest BCUT2D eigenvalue weighted by Crippen LogP contribution is -2.47. The summed E-state index contributed by atoms with van der Waals surface area (Å²) in [5, 5.41) is 0. The van der Waals surface area contributed by atoms with Crippen molar-refractivity contribution in [2.45, 2.75) is 44.2 Å². The minimum Gasteiger partial charge on any atom is -0.457 e. The van der Waals surface area contributed by atoms with Gasteiger partial charge in [-0.1, -0.05) is 97.6 Å². The fourth-order valence-electron chi connectivity index (χ4n) is 3.98. The average Bonchev–Trinajstić information content (AvgIpc) is 3.03. The predicted octanol–water partition coefficient (Wildman–Crippen LogP) is 5.82. The average molecular weight is 473 g/mol. The third-order valence-electron chi connectivity index (χ3n) is 5.76. The molecule has 1 saturated heterocycles. The Hall–Kier alpha value is -3.38. The summed E-state index contributed by atoms with van der Waals surface area (Å²) in [7, 11) is 0. The number of ether oxygens (including phenoxy) is 5. The molecular formula is C30H32O5. The monoisotopic (exact) mass is 472 g/mol. The summed E-state index contributed by atoms with van der Waals surface area (Å²) in [6.07, 6.45) is -0.249. The van der Waals surface area contributed by atoms with Crippen LogP contribution in [0.3, 0.4) is 0 Å². The maximum absolute atomic E-state index is 6.45. The summed E-state index contributed by atoms with van der Waals surface area (Å²) >= 11 is 0. The van der Waals surface area contributed by atoms with E-state index in [4.69, 9.17) is 23.7 Å². The van der Waals surface area contributed by atoms with E-state index in [0.717, 1.165) is 16.7 Å². The highest BCUT2D eigenvalue weighted by atomic mass is 16.7. The zero-order valence-corrected chi connectivity index (χ0v) is 19.8. The fourth-order valence-corrected chi connectivity index (χ4v) is 3.98. The Kier molecular flexibility index (Phi) is 9.12. The van der Waals surface area contributed by atoms with Gasteiger partial charge in [-0.05, 0) is 29.3 Å². The summed E-state index contributed by atoms with van der Waals surface area (Å²) in [5.74, 6) is 0.197. The Labute approximate surface area is 207 Å². The molecule has 1 fully saturated rings. The van der Waals surface area contributed by atoms with E-state index in [9.17, 15) is 0 Å². The van der Waals surface area contributed by atoms with Gasteiger partial charge in [0, 0.05) is 0 Å². The number of benzene rings is 3. The van der Waals surface area contributed by atoms with Crippen LogP contribution in [0.2, 0.25) is 0 Å². The highest BCUT2D eigenvalue weighted by Crippen LogP contribution is 2.28. The first-order valence-electron chi connectivity index (χ1n) is 11.8. The number of hydrogen-bond donors (Lipinski definition) is 0. The Balaban J connectivity index is 1.53. The third-order valence-corrected chi connectivity index (χ3v) is 5.76. The second-order valence-electron chi connectivity index (χ2n) is 8.37. The Morgan fingerprint density at radius 2 is 1.14 bits per heavy atom.